The van der Waals surface area contributed by atoms with Crippen molar-refractivity contribution in [2.75, 3.05) is 14.1 Å². The van der Waals surface area contributed by atoms with Crippen LogP contribution in [0.5, 0.6) is 0 Å². The molecule has 1 saturated carbocycles. The van der Waals surface area contributed by atoms with E-state index in [0.717, 1.165) is 0 Å². The van der Waals surface area contributed by atoms with Gasteiger partial charge in [0.05, 0.1) is 0 Å². The lowest BCUT2D eigenvalue weighted by atomic mass is 9.77. The molecule has 1 rings (SSSR count). The van der Waals surface area contributed by atoms with E-state index in [2.05, 4.69) is 32.8 Å². The van der Waals surface area contributed by atoms with Gasteiger partial charge < -0.3 is 10.6 Å². The molecule has 0 aromatic carbocycles. The molecule has 1 aliphatic rings. The van der Waals surface area contributed by atoms with Gasteiger partial charge in [-0.1, -0.05) is 39.5 Å². The van der Waals surface area contributed by atoms with E-state index in [4.69, 9.17) is 5.73 Å². The zero-order valence-electron chi connectivity index (χ0n) is 10.9. The third-order valence-corrected chi connectivity index (χ3v) is 4.20. The molecule has 90 valence electrons. The second-order valence-corrected chi connectivity index (χ2v) is 5.68. The van der Waals surface area contributed by atoms with Gasteiger partial charge in [0.1, 0.15) is 0 Å². The molecular weight excluding hydrogens is 184 g/mol. The lowest BCUT2D eigenvalue weighted by molar-refractivity contribution is 0.0780. The van der Waals surface area contributed by atoms with Crippen LogP contribution in [0.2, 0.25) is 0 Å². The maximum absolute atomic E-state index is 6.45. The maximum atomic E-state index is 6.45. The second kappa shape index (κ2) is 5.31. The Labute approximate surface area is 95.2 Å². The van der Waals surface area contributed by atoms with Crippen molar-refractivity contribution in [2.45, 2.75) is 64.0 Å². The first kappa shape index (κ1) is 13.0. The predicted octanol–water partition coefficient (Wildman–Crippen LogP) is 2.62. The molecule has 1 fully saturated rings. The molecule has 0 bridgehead atoms. The minimum absolute atomic E-state index is 0.255. The highest BCUT2D eigenvalue weighted by molar-refractivity contribution is 4.99. The first-order valence-corrected chi connectivity index (χ1v) is 6.44. The molecule has 0 heterocycles. The first-order chi connectivity index (χ1) is 7.00. The summed E-state index contributed by atoms with van der Waals surface area (Å²) in [7, 11) is 4.40. The Morgan fingerprint density at radius 2 is 1.47 bits per heavy atom. The number of hydrogen-bond acceptors (Lipinski definition) is 2. The van der Waals surface area contributed by atoms with Crippen LogP contribution in [-0.2, 0) is 0 Å². The van der Waals surface area contributed by atoms with E-state index in [1.165, 1.54) is 38.5 Å². The number of hydrogen-bond donors (Lipinski definition) is 1. The summed E-state index contributed by atoms with van der Waals surface area (Å²) in [6.45, 7) is 4.50. The van der Waals surface area contributed by atoms with Crippen molar-refractivity contribution in [3.05, 3.63) is 0 Å². The minimum atomic E-state index is 0.255. The van der Waals surface area contributed by atoms with Crippen LogP contribution in [0.3, 0.4) is 0 Å². The van der Waals surface area contributed by atoms with E-state index in [9.17, 15) is 0 Å². The Hall–Kier alpha value is -0.0800. The Morgan fingerprint density at radius 3 is 1.80 bits per heavy atom. The van der Waals surface area contributed by atoms with Gasteiger partial charge in [-0.15, -0.1) is 0 Å². The number of nitrogens with zero attached hydrogens (tertiary/aromatic N) is 1. The molecule has 0 amide bonds. The molecule has 2 N–H and O–H groups in total. The van der Waals surface area contributed by atoms with Crippen molar-refractivity contribution in [3.63, 3.8) is 0 Å². The highest BCUT2D eigenvalue weighted by atomic mass is 15.2. The van der Waals surface area contributed by atoms with Gasteiger partial charge >= 0.3 is 0 Å². The molecule has 15 heavy (non-hydrogen) atoms. The monoisotopic (exact) mass is 212 g/mol. The number of likely N-dealkylation sites (N-methyl/N-ethyl adjacent to an activating group) is 1. The van der Waals surface area contributed by atoms with Gasteiger partial charge in [-0.05, 0) is 32.9 Å². The molecule has 0 spiro atoms. The van der Waals surface area contributed by atoms with Crippen molar-refractivity contribution >= 4 is 0 Å². The first-order valence-electron chi connectivity index (χ1n) is 6.44. The van der Waals surface area contributed by atoms with Gasteiger partial charge in [-0.2, -0.15) is 0 Å². The SMILES string of the molecule is CC(C)C(N)C1(N(C)C)CCCCCC1. The fourth-order valence-corrected chi connectivity index (χ4v) is 3.04. The summed E-state index contributed by atoms with van der Waals surface area (Å²) >= 11 is 0. The Balaban J connectivity index is 2.84. The topological polar surface area (TPSA) is 29.3 Å². The average Bonchev–Trinajstić information content (AvgIpc) is 2.42. The van der Waals surface area contributed by atoms with Gasteiger partial charge in [-0.25, -0.2) is 0 Å². The molecule has 2 nitrogen and oxygen atoms in total. The van der Waals surface area contributed by atoms with Gasteiger partial charge in [0.25, 0.3) is 0 Å². The van der Waals surface area contributed by atoms with E-state index in [-0.39, 0.29) is 5.54 Å². The minimum Gasteiger partial charge on any atom is -0.326 e. The Kier molecular flexibility index (Phi) is 4.60. The molecule has 1 atom stereocenters. The van der Waals surface area contributed by atoms with Crippen LogP contribution < -0.4 is 5.73 Å². The van der Waals surface area contributed by atoms with Crippen molar-refractivity contribution in [2.24, 2.45) is 11.7 Å². The van der Waals surface area contributed by atoms with Crippen LogP contribution in [0.1, 0.15) is 52.4 Å². The Bertz CT molecular complexity index is 179. The third-order valence-electron chi connectivity index (χ3n) is 4.20. The fourth-order valence-electron chi connectivity index (χ4n) is 3.04. The van der Waals surface area contributed by atoms with E-state index in [1.807, 2.05) is 0 Å². The average molecular weight is 212 g/mol. The number of rotatable bonds is 3. The molecule has 0 aromatic rings. The molecule has 0 saturated heterocycles. The van der Waals surface area contributed by atoms with Crippen LogP contribution in [0.25, 0.3) is 0 Å². The molecule has 0 aliphatic heterocycles. The van der Waals surface area contributed by atoms with Crippen LogP contribution in [0.4, 0.5) is 0 Å². The van der Waals surface area contributed by atoms with Crippen molar-refractivity contribution in [1.29, 1.82) is 0 Å². The second-order valence-electron chi connectivity index (χ2n) is 5.68. The quantitative estimate of drug-likeness (QED) is 0.729. The van der Waals surface area contributed by atoms with Crippen LogP contribution in [0, 0.1) is 5.92 Å². The molecule has 0 radical (unpaired) electrons. The van der Waals surface area contributed by atoms with Gasteiger partial charge in [0, 0.05) is 11.6 Å². The van der Waals surface area contributed by atoms with Crippen molar-refractivity contribution in [3.8, 4) is 0 Å². The summed E-state index contributed by atoms with van der Waals surface area (Å²) in [4.78, 5) is 2.39. The summed E-state index contributed by atoms with van der Waals surface area (Å²) in [5.74, 6) is 0.575. The van der Waals surface area contributed by atoms with E-state index in [1.54, 1.807) is 0 Å². The van der Waals surface area contributed by atoms with E-state index in [0.29, 0.717) is 12.0 Å². The molecule has 0 aromatic heterocycles. The smallest absolute Gasteiger partial charge is 0.0356 e. The summed E-state index contributed by atoms with van der Waals surface area (Å²) in [6, 6.07) is 0.311. The summed E-state index contributed by atoms with van der Waals surface area (Å²) in [5.41, 5.74) is 6.71. The van der Waals surface area contributed by atoms with E-state index < -0.39 is 0 Å². The lowest BCUT2D eigenvalue weighted by Crippen LogP contribution is -2.59. The molecular formula is C13H28N2. The normalized spacial score (nSPS) is 24.2. The highest BCUT2D eigenvalue weighted by Crippen LogP contribution is 2.35. The summed E-state index contributed by atoms with van der Waals surface area (Å²) in [5, 5.41) is 0. The molecule has 2 heteroatoms. The molecule has 1 unspecified atom stereocenters. The van der Waals surface area contributed by atoms with Crippen LogP contribution in [-0.4, -0.2) is 30.6 Å². The molecule has 1 aliphatic carbocycles. The largest absolute Gasteiger partial charge is 0.326 e. The summed E-state index contributed by atoms with van der Waals surface area (Å²) in [6.07, 6.45) is 8.02. The van der Waals surface area contributed by atoms with Gasteiger partial charge in [0.15, 0.2) is 0 Å². The maximum Gasteiger partial charge on any atom is 0.0356 e. The fraction of sp³-hybridized carbons (Fsp3) is 1.00. The predicted molar refractivity (Wildman–Crippen MR) is 66.9 cm³/mol. The lowest BCUT2D eigenvalue weighted by Gasteiger charge is -2.46. The van der Waals surface area contributed by atoms with Crippen molar-refractivity contribution < 1.29 is 0 Å². The Morgan fingerprint density at radius 1 is 1.00 bits per heavy atom. The zero-order valence-corrected chi connectivity index (χ0v) is 10.9. The van der Waals surface area contributed by atoms with Crippen LogP contribution in [0.15, 0.2) is 0 Å². The van der Waals surface area contributed by atoms with E-state index >= 15 is 0 Å². The van der Waals surface area contributed by atoms with Gasteiger partial charge in [0.2, 0.25) is 0 Å². The van der Waals surface area contributed by atoms with Gasteiger partial charge in [-0.3, -0.25) is 0 Å². The van der Waals surface area contributed by atoms with Crippen molar-refractivity contribution in [1.82, 2.24) is 4.90 Å². The third kappa shape index (κ3) is 2.73. The number of nitrogens with two attached hydrogens (primary N) is 1. The standard InChI is InChI=1S/C13H28N2/c1-11(2)12(14)13(15(3)4)9-7-5-6-8-10-13/h11-12H,5-10,14H2,1-4H3. The van der Waals surface area contributed by atoms with Crippen LogP contribution >= 0.6 is 0 Å². The summed E-state index contributed by atoms with van der Waals surface area (Å²) < 4.78 is 0. The zero-order chi connectivity index (χ0) is 11.5. The highest BCUT2D eigenvalue weighted by Gasteiger charge is 2.40.